The van der Waals surface area contributed by atoms with Gasteiger partial charge >= 0.3 is 0 Å². The molecule has 0 unspecified atom stereocenters. The number of aliphatic hydroxyl groups is 1. The van der Waals surface area contributed by atoms with Crippen LogP contribution in [0.3, 0.4) is 0 Å². The van der Waals surface area contributed by atoms with E-state index in [1.807, 2.05) is 40.1 Å². The summed E-state index contributed by atoms with van der Waals surface area (Å²) in [5.74, 6) is 0.913. The fourth-order valence-electron chi connectivity index (χ4n) is 2.86. The average Bonchev–Trinajstić information content (AvgIpc) is 3.10. The number of hydrogen-bond acceptors (Lipinski definition) is 4. The van der Waals surface area contributed by atoms with Crippen LogP contribution in [0.1, 0.15) is 16.1 Å². The zero-order valence-electron chi connectivity index (χ0n) is 11.0. The minimum atomic E-state index is 0.00745. The lowest BCUT2D eigenvalue weighted by atomic mass is 10.1. The molecule has 1 aliphatic rings. The first-order valence-corrected chi connectivity index (χ1v) is 7.62. The number of aliphatic hydroxyl groups excluding tert-OH is 1. The van der Waals surface area contributed by atoms with Gasteiger partial charge in [0.25, 0.3) is 0 Å². The second-order valence-corrected chi connectivity index (χ2v) is 6.01. The molecule has 0 saturated carbocycles. The van der Waals surface area contributed by atoms with Crippen LogP contribution in [0.15, 0.2) is 35.8 Å². The van der Waals surface area contributed by atoms with E-state index in [2.05, 4.69) is 16.3 Å². The summed E-state index contributed by atoms with van der Waals surface area (Å²) in [5.41, 5.74) is 3.16. The van der Waals surface area contributed by atoms with Crippen molar-refractivity contribution in [3.63, 3.8) is 0 Å². The van der Waals surface area contributed by atoms with Crippen LogP contribution in [-0.4, -0.2) is 21.0 Å². The number of thiophene rings is 1. The summed E-state index contributed by atoms with van der Waals surface area (Å²) in [6.07, 6.45) is 3.02. The Bertz CT molecular complexity index is 761. The van der Waals surface area contributed by atoms with Crippen LogP contribution < -0.4 is 4.90 Å². The summed E-state index contributed by atoms with van der Waals surface area (Å²) in [4.78, 5) is 8.45. The van der Waals surface area contributed by atoms with E-state index in [4.69, 9.17) is 4.98 Å². The van der Waals surface area contributed by atoms with Gasteiger partial charge in [-0.15, -0.1) is 11.3 Å². The highest BCUT2D eigenvalue weighted by atomic mass is 32.1. The monoisotopic (exact) mass is 285 g/mol. The summed E-state index contributed by atoms with van der Waals surface area (Å²) >= 11 is 1.84. The Morgan fingerprint density at radius 2 is 2.25 bits per heavy atom. The first-order valence-electron chi connectivity index (χ1n) is 6.74. The fourth-order valence-corrected chi connectivity index (χ4v) is 3.75. The summed E-state index contributed by atoms with van der Waals surface area (Å²) < 4.78 is 1.97. The SMILES string of the molecule is OCc1c(N2CCc3sccc3C2)nc2ccccn12. The third-order valence-electron chi connectivity index (χ3n) is 3.86. The lowest BCUT2D eigenvalue weighted by Crippen LogP contribution is -2.30. The quantitative estimate of drug-likeness (QED) is 0.786. The molecule has 0 aliphatic carbocycles. The Morgan fingerprint density at radius 1 is 1.30 bits per heavy atom. The van der Waals surface area contributed by atoms with E-state index < -0.39 is 0 Å². The molecule has 0 spiro atoms. The molecule has 4 heterocycles. The molecule has 3 aromatic rings. The molecule has 0 saturated heterocycles. The van der Waals surface area contributed by atoms with Crippen molar-refractivity contribution < 1.29 is 5.11 Å². The maximum atomic E-state index is 9.71. The summed E-state index contributed by atoms with van der Waals surface area (Å²) in [5, 5.41) is 11.9. The topological polar surface area (TPSA) is 40.8 Å². The molecule has 3 aromatic heterocycles. The zero-order chi connectivity index (χ0) is 13.5. The lowest BCUT2D eigenvalue weighted by Gasteiger charge is -2.27. The average molecular weight is 285 g/mol. The van der Waals surface area contributed by atoms with Crippen molar-refractivity contribution in [2.24, 2.45) is 0 Å². The van der Waals surface area contributed by atoms with E-state index in [1.165, 1.54) is 10.4 Å². The number of anilines is 1. The highest BCUT2D eigenvalue weighted by molar-refractivity contribution is 7.10. The molecule has 1 aliphatic heterocycles. The lowest BCUT2D eigenvalue weighted by molar-refractivity contribution is 0.276. The van der Waals surface area contributed by atoms with Gasteiger partial charge in [0.05, 0.1) is 12.3 Å². The van der Waals surface area contributed by atoms with Gasteiger partial charge in [0.1, 0.15) is 5.65 Å². The van der Waals surface area contributed by atoms with Crippen LogP contribution in [0.25, 0.3) is 5.65 Å². The summed E-state index contributed by atoms with van der Waals surface area (Å²) in [6.45, 7) is 1.85. The Balaban J connectivity index is 1.79. The van der Waals surface area contributed by atoms with Crippen molar-refractivity contribution >= 4 is 22.8 Å². The zero-order valence-corrected chi connectivity index (χ0v) is 11.8. The van der Waals surface area contributed by atoms with E-state index in [0.29, 0.717) is 0 Å². The molecule has 0 atom stereocenters. The van der Waals surface area contributed by atoms with E-state index in [9.17, 15) is 5.11 Å². The van der Waals surface area contributed by atoms with Crippen LogP contribution in [0.4, 0.5) is 5.82 Å². The van der Waals surface area contributed by atoms with Crippen molar-refractivity contribution in [3.05, 3.63) is 52.0 Å². The number of hydrogen-bond donors (Lipinski definition) is 1. The minimum Gasteiger partial charge on any atom is -0.390 e. The predicted octanol–water partition coefficient (Wildman–Crippen LogP) is 2.45. The molecular weight excluding hydrogens is 270 g/mol. The molecule has 0 bridgehead atoms. The van der Waals surface area contributed by atoms with Crippen molar-refractivity contribution in [2.45, 2.75) is 19.6 Å². The number of rotatable bonds is 2. The van der Waals surface area contributed by atoms with Crippen LogP contribution >= 0.6 is 11.3 Å². The van der Waals surface area contributed by atoms with Crippen LogP contribution in [0.2, 0.25) is 0 Å². The van der Waals surface area contributed by atoms with Crippen molar-refractivity contribution in [1.29, 1.82) is 0 Å². The summed E-state index contributed by atoms with van der Waals surface area (Å²) in [6, 6.07) is 8.11. The molecule has 1 N–H and O–H groups in total. The third-order valence-corrected chi connectivity index (χ3v) is 4.89. The number of nitrogens with zero attached hydrogens (tertiary/aromatic N) is 3. The van der Waals surface area contributed by atoms with Crippen LogP contribution in [-0.2, 0) is 19.6 Å². The normalized spacial score (nSPS) is 14.8. The summed E-state index contributed by atoms with van der Waals surface area (Å²) in [7, 11) is 0. The van der Waals surface area contributed by atoms with Gasteiger partial charge in [-0.25, -0.2) is 4.98 Å². The molecule has 4 nitrogen and oxygen atoms in total. The highest BCUT2D eigenvalue weighted by Gasteiger charge is 2.22. The van der Waals surface area contributed by atoms with E-state index in [1.54, 1.807) is 0 Å². The standard InChI is InChI=1S/C15H15N3OS/c19-10-12-15(16-14-3-1-2-6-18(12)14)17-7-4-13-11(9-17)5-8-20-13/h1-3,5-6,8,19H,4,7,9-10H2. The van der Waals surface area contributed by atoms with E-state index in [0.717, 1.165) is 36.7 Å². The second-order valence-electron chi connectivity index (χ2n) is 5.01. The van der Waals surface area contributed by atoms with Crippen molar-refractivity contribution in [3.8, 4) is 0 Å². The van der Waals surface area contributed by atoms with Gasteiger partial charge in [-0.2, -0.15) is 0 Å². The molecule has 102 valence electrons. The minimum absolute atomic E-state index is 0.00745. The number of aromatic nitrogens is 2. The molecule has 0 radical (unpaired) electrons. The molecular formula is C15H15N3OS. The van der Waals surface area contributed by atoms with Gasteiger partial charge in [0.2, 0.25) is 0 Å². The molecule has 5 heteroatoms. The maximum absolute atomic E-state index is 9.71. The molecule has 0 fully saturated rings. The second kappa shape index (κ2) is 4.61. The number of imidazole rings is 1. The van der Waals surface area contributed by atoms with Gasteiger partial charge in [0.15, 0.2) is 5.82 Å². The Kier molecular flexibility index (Phi) is 2.75. The number of fused-ring (bicyclic) bond motifs is 2. The fraction of sp³-hybridized carbons (Fsp3) is 0.267. The van der Waals surface area contributed by atoms with Gasteiger partial charge in [-0.3, -0.25) is 4.40 Å². The highest BCUT2D eigenvalue weighted by Crippen LogP contribution is 2.29. The van der Waals surface area contributed by atoms with E-state index >= 15 is 0 Å². The molecule has 0 aromatic carbocycles. The largest absolute Gasteiger partial charge is 0.390 e. The predicted molar refractivity (Wildman–Crippen MR) is 80.2 cm³/mol. The first kappa shape index (κ1) is 11.9. The van der Waals surface area contributed by atoms with Crippen LogP contribution in [0.5, 0.6) is 0 Å². The maximum Gasteiger partial charge on any atom is 0.153 e. The first-order chi connectivity index (χ1) is 9.86. The van der Waals surface area contributed by atoms with Crippen LogP contribution in [0, 0.1) is 0 Å². The molecule has 4 rings (SSSR count). The Hall–Kier alpha value is -1.85. The third kappa shape index (κ3) is 1.74. The van der Waals surface area contributed by atoms with E-state index in [-0.39, 0.29) is 6.61 Å². The van der Waals surface area contributed by atoms with Crippen molar-refractivity contribution in [1.82, 2.24) is 9.38 Å². The van der Waals surface area contributed by atoms with Crippen molar-refractivity contribution in [2.75, 3.05) is 11.4 Å². The van der Waals surface area contributed by atoms with Gasteiger partial charge in [-0.05, 0) is 35.6 Å². The Labute approximate surface area is 120 Å². The molecule has 0 amide bonds. The van der Waals surface area contributed by atoms with Gasteiger partial charge < -0.3 is 10.0 Å². The smallest absolute Gasteiger partial charge is 0.153 e. The number of pyridine rings is 1. The van der Waals surface area contributed by atoms with Gasteiger partial charge in [-0.1, -0.05) is 6.07 Å². The van der Waals surface area contributed by atoms with Gasteiger partial charge in [0, 0.05) is 24.2 Å². The Morgan fingerprint density at radius 3 is 3.15 bits per heavy atom. The molecule has 20 heavy (non-hydrogen) atoms.